The Balaban J connectivity index is 2.07. The van der Waals surface area contributed by atoms with E-state index < -0.39 is 0 Å². The quantitative estimate of drug-likeness (QED) is 0.775. The Morgan fingerprint density at radius 3 is 3.10 bits per heavy atom. The minimum atomic E-state index is 0.729. The molecule has 1 aliphatic rings. The van der Waals surface area contributed by atoms with E-state index >= 15 is 0 Å². The van der Waals surface area contributed by atoms with Crippen LogP contribution < -0.4 is 10.2 Å². The fourth-order valence-corrected chi connectivity index (χ4v) is 3.91. The second kappa shape index (κ2) is 8.89. The SMILES string of the molecule is CCC1CN(c2cc(Cl)ccc2CNCCOC)CCS1. The number of hydrogen-bond donors (Lipinski definition) is 1. The van der Waals surface area contributed by atoms with E-state index in [1.807, 2.05) is 6.07 Å². The first kappa shape index (κ1) is 16.9. The van der Waals surface area contributed by atoms with Crippen molar-refractivity contribution in [3.05, 3.63) is 28.8 Å². The van der Waals surface area contributed by atoms with Gasteiger partial charge in [0.05, 0.1) is 6.61 Å². The molecule has 1 fully saturated rings. The number of thioether (sulfide) groups is 1. The zero-order chi connectivity index (χ0) is 15.1. The van der Waals surface area contributed by atoms with Crippen LogP contribution in [0.15, 0.2) is 18.2 Å². The first-order valence-electron chi connectivity index (χ1n) is 7.59. The van der Waals surface area contributed by atoms with Gasteiger partial charge in [0.15, 0.2) is 0 Å². The van der Waals surface area contributed by atoms with Gasteiger partial charge in [0.25, 0.3) is 0 Å². The molecule has 1 aliphatic heterocycles. The maximum Gasteiger partial charge on any atom is 0.0587 e. The van der Waals surface area contributed by atoms with E-state index in [4.69, 9.17) is 16.3 Å². The van der Waals surface area contributed by atoms with E-state index in [1.165, 1.54) is 23.4 Å². The van der Waals surface area contributed by atoms with Crippen molar-refractivity contribution in [3.8, 4) is 0 Å². The molecule has 0 bridgehead atoms. The highest BCUT2D eigenvalue weighted by Crippen LogP contribution is 2.30. The molecule has 3 nitrogen and oxygen atoms in total. The molecule has 0 amide bonds. The third-order valence-corrected chi connectivity index (χ3v) is 5.39. The normalized spacial score (nSPS) is 19.0. The fourth-order valence-electron chi connectivity index (χ4n) is 2.56. The Kier molecular flexibility index (Phi) is 7.17. The number of nitrogens with zero attached hydrogens (tertiary/aromatic N) is 1. The lowest BCUT2D eigenvalue weighted by atomic mass is 10.1. The predicted molar refractivity (Wildman–Crippen MR) is 93.8 cm³/mol. The van der Waals surface area contributed by atoms with Gasteiger partial charge in [0, 0.05) is 55.0 Å². The third-order valence-electron chi connectivity index (χ3n) is 3.78. The van der Waals surface area contributed by atoms with E-state index in [0.717, 1.165) is 43.1 Å². The second-order valence-electron chi connectivity index (χ2n) is 5.29. The minimum Gasteiger partial charge on any atom is -0.383 e. The van der Waals surface area contributed by atoms with E-state index in [9.17, 15) is 0 Å². The number of methoxy groups -OCH3 is 1. The molecule has 1 aromatic carbocycles. The van der Waals surface area contributed by atoms with Crippen LogP contribution in [0.25, 0.3) is 0 Å². The summed E-state index contributed by atoms with van der Waals surface area (Å²) in [6.45, 7) is 6.95. The summed E-state index contributed by atoms with van der Waals surface area (Å²) in [5.41, 5.74) is 2.60. The van der Waals surface area contributed by atoms with Crippen LogP contribution in [0, 0.1) is 0 Å². The van der Waals surface area contributed by atoms with E-state index in [-0.39, 0.29) is 0 Å². The maximum absolute atomic E-state index is 6.22. The average Bonchev–Trinajstić information content (AvgIpc) is 2.52. The summed E-state index contributed by atoms with van der Waals surface area (Å²) < 4.78 is 5.08. The molecule has 0 spiro atoms. The number of rotatable bonds is 7. The van der Waals surface area contributed by atoms with Crippen molar-refractivity contribution in [1.29, 1.82) is 0 Å². The van der Waals surface area contributed by atoms with Crippen LogP contribution in [0.1, 0.15) is 18.9 Å². The van der Waals surface area contributed by atoms with Crippen LogP contribution in [-0.2, 0) is 11.3 Å². The Labute approximate surface area is 137 Å². The van der Waals surface area contributed by atoms with Crippen LogP contribution >= 0.6 is 23.4 Å². The van der Waals surface area contributed by atoms with Gasteiger partial charge >= 0.3 is 0 Å². The van der Waals surface area contributed by atoms with Crippen LogP contribution in [0.2, 0.25) is 5.02 Å². The summed E-state index contributed by atoms with van der Waals surface area (Å²) in [6, 6.07) is 6.23. The van der Waals surface area contributed by atoms with Crippen molar-refractivity contribution in [2.24, 2.45) is 0 Å². The number of anilines is 1. The molecule has 0 aromatic heterocycles. The fraction of sp³-hybridized carbons (Fsp3) is 0.625. The molecule has 21 heavy (non-hydrogen) atoms. The summed E-state index contributed by atoms with van der Waals surface area (Å²) in [7, 11) is 1.73. The molecule has 118 valence electrons. The molecule has 1 unspecified atom stereocenters. The number of halogens is 1. The Morgan fingerprint density at radius 1 is 1.48 bits per heavy atom. The molecule has 1 saturated heterocycles. The van der Waals surface area contributed by atoms with E-state index in [2.05, 4.69) is 41.0 Å². The first-order chi connectivity index (χ1) is 10.2. The smallest absolute Gasteiger partial charge is 0.0587 e. The first-order valence-corrected chi connectivity index (χ1v) is 9.02. The van der Waals surface area contributed by atoms with Gasteiger partial charge in [0.2, 0.25) is 0 Å². The summed E-state index contributed by atoms with van der Waals surface area (Å²) in [5, 5.41) is 4.97. The largest absolute Gasteiger partial charge is 0.383 e. The summed E-state index contributed by atoms with van der Waals surface area (Å²) in [6.07, 6.45) is 1.23. The van der Waals surface area contributed by atoms with Crippen molar-refractivity contribution in [2.45, 2.75) is 25.1 Å². The van der Waals surface area contributed by atoms with E-state index in [0.29, 0.717) is 0 Å². The van der Waals surface area contributed by atoms with Crippen LogP contribution in [0.5, 0.6) is 0 Å². The van der Waals surface area contributed by atoms with Gasteiger partial charge in [-0.25, -0.2) is 0 Å². The van der Waals surface area contributed by atoms with Crippen molar-refractivity contribution in [2.75, 3.05) is 44.0 Å². The topological polar surface area (TPSA) is 24.5 Å². The molecular weight excluding hydrogens is 304 g/mol. The highest BCUT2D eigenvalue weighted by atomic mass is 35.5. The van der Waals surface area contributed by atoms with Gasteiger partial charge in [-0.05, 0) is 24.1 Å². The van der Waals surface area contributed by atoms with Gasteiger partial charge in [-0.2, -0.15) is 11.8 Å². The van der Waals surface area contributed by atoms with Gasteiger partial charge < -0.3 is 15.0 Å². The lowest BCUT2D eigenvalue weighted by Crippen LogP contribution is -2.38. The summed E-state index contributed by atoms with van der Waals surface area (Å²) in [4.78, 5) is 2.49. The van der Waals surface area contributed by atoms with Crippen molar-refractivity contribution >= 4 is 29.1 Å². The molecule has 1 heterocycles. The standard InChI is InChI=1S/C16H25ClN2OS/c1-3-15-12-19(7-9-21-15)16-10-14(17)5-4-13(16)11-18-6-8-20-2/h4-5,10,15,18H,3,6-9,11-12H2,1-2H3. The third kappa shape index (κ3) is 5.06. The summed E-state index contributed by atoms with van der Waals surface area (Å²) in [5.74, 6) is 1.20. The lowest BCUT2D eigenvalue weighted by Gasteiger charge is -2.35. The zero-order valence-electron chi connectivity index (χ0n) is 12.9. The number of benzene rings is 1. The molecule has 1 atom stereocenters. The minimum absolute atomic E-state index is 0.729. The maximum atomic E-state index is 6.22. The molecule has 0 radical (unpaired) electrons. The van der Waals surface area contributed by atoms with Crippen LogP contribution in [-0.4, -0.2) is 44.4 Å². The average molecular weight is 329 g/mol. The number of hydrogen-bond acceptors (Lipinski definition) is 4. The highest BCUT2D eigenvalue weighted by molar-refractivity contribution is 8.00. The zero-order valence-corrected chi connectivity index (χ0v) is 14.5. The van der Waals surface area contributed by atoms with Gasteiger partial charge in [0.1, 0.15) is 0 Å². The number of ether oxygens (including phenoxy) is 1. The van der Waals surface area contributed by atoms with Crippen LogP contribution in [0.4, 0.5) is 5.69 Å². The van der Waals surface area contributed by atoms with Gasteiger partial charge in [-0.1, -0.05) is 24.6 Å². The Morgan fingerprint density at radius 2 is 2.33 bits per heavy atom. The van der Waals surface area contributed by atoms with E-state index in [1.54, 1.807) is 7.11 Å². The monoisotopic (exact) mass is 328 g/mol. The highest BCUT2D eigenvalue weighted by Gasteiger charge is 2.21. The van der Waals surface area contributed by atoms with Gasteiger partial charge in [-0.15, -0.1) is 0 Å². The van der Waals surface area contributed by atoms with Gasteiger partial charge in [-0.3, -0.25) is 0 Å². The van der Waals surface area contributed by atoms with Crippen molar-refractivity contribution < 1.29 is 4.74 Å². The lowest BCUT2D eigenvalue weighted by molar-refractivity contribution is 0.199. The second-order valence-corrected chi connectivity index (χ2v) is 7.13. The van der Waals surface area contributed by atoms with Crippen molar-refractivity contribution in [3.63, 3.8) is 0 Å². The molecule has 2 rings (SSSR count). The molecule has 5 heteroatoms. The molecule has 1 N–H and O–H groups in total. The Hall–Kier alpha value is -0.420. The Bertz CT molecular complexity index is 444. The molecule has 0 aliphatic carbocycles. The summed E-state index contributed by atoms with van der Waals surface area (Å²) >= 11 is 8.31. The molecule has 0 saturated carbocycles. The van der Waals surface area contributed by atoms with Crippen molar-refractivity contribution in [1.82, 2.24) is 5.32 Å². The van der Waals surface area contributed by atoms with Crippen LogP contribution in [0.3, 0.4) is 0 Å². The molecular formula is C16H25ClN2OS. The predicted octanol–water partition coefficient (Wildman–Crippen LogP) is 3.41. The molecule has 1 aromatic rings. The number of nitrogens with one attached hydrogen (secondary N) is 1.